The summed E-state index contributed by atoms with van der Waals surface area (Å²) >= 11 is 1.28. The number of nitrogens with zero attached hydrogens (tertiary/aromatic N) is 4. The summed E-state index contributed by atoms with van der Waals surface area (Å²) < 4.78 is 7.82. The van der Waals surface area contributed by atoms with Gasteiger partial charge in [-0.1, -0.05) is 38.3 Å². The van der Waals surface area contributed by atoms with Crippen molar-refractivity contribution < 1.29 is 19.4 Å². The van der Waals surface area contributed by atoms with E-state index >= 15 is 0 Å². The van der Waals surface area contributed by atoms with Gasteiger partial charge in [-0.2, -0.15) is 0 Å². The van der Waals surface area contributed by atoms with Gasteiger partial charge in [0.25, 0.3) is 5.91 Å². The minimum Gasteiger partial charge on any atom is -0.503 e. The number of carbonyl (C=O) groups excluding carboxylic acids is 2. The summed E-state index contributed by atoms with van der Waals surface area (Å²) in [7, 11) is 0. The Hall–Kier alpha value is -3.46. The number of ketones is 1. The van der Waals surface area contributed by atoms with Crippen molar-refractivity contribution in [3.05, 3.63) is 75.5 Å². The van der Waals surface area contributed by atoms with E-state index in [4.69, 9.17) is 4.74 Å². The van der Waals surface area contributed by atoms with Gasteiger partial charge < -0.3 is 19.3 Å². The fraction of sp³-hybridized carbons (Fsp3) is 0.429. The highest BCUT2D eigenvalue weighted by atomic mass is 32.1. The minimum atomic E-state index is -0.691. The SMILES string of the molecule is CCCCCCOc1ccc(C2C(C(=O)c3sc(C)nc3C)=C(O)C(=O)N2CCCn2ccnc2)cc1. The summed E-state index contributed by atoms with van der Waals surface area (Å²) in [6.07, 6.45) is 10.5. The van der Waals surface area contributed by atoms with Gasteiger partial charge in [0, 0.05) is 25.5 Å². The van der Waals surface area contributed by atoms with Gasteiger partial charge in [-0.25, -0.2) is 9.97 Å². The molecule has 0 radical (unpaired) electrons. The van der Waals surface area contributed by atoms with Crippen molar-refractivity contribution in [2.75, 3.05) is 13.2 Å². The number of Topliss-reactive ketones (excluding diaryl/α,β-unsaturated/α-hetero) is 1. The summed E-state index contributed by atoms with van der Waals surface area (Å²) in [4.78, 5) is 37.3. The van der Waals surface area contributed by atoms with Crippen molar-refractivity contribution in [3.8, 4) is 5.75 Å². The Kier molecular flexibility index (Phi) is 8.76. The summed E-state index contributed by atoms with van der Waals surface area (Å²) in [5.74, 6) is -0.632. The van der Waals surface area contributed by atoms with Crippen molar-refractivity contribution in [3.63, 3.8) is 0 Å². The average molecular weight is 523 g/mol. The highest BCUT2D eigenvalue weighted by Gasteiger charge is 2.44. The Labute approximate surface area is 221 Å². The molecule has 8 nitrogen and oxygen atoms in total. The quantitative estimate of drug-likeness (QED) is 0.232. The first-order valence-electron chi connectivity index (χ1n) is 12.8. The molecular weight excluding hydrogens is 488 g/mol. The molecule has 1 unspecified atom stereocenters. The lowest BCUT2D eigenvalue weighted by Crippen LogP contribution is -2.32. The normalized spacial score (nSPS) is 15.6. The molecule has 1 aromatic carbocycles. The number of aliphatic hydroxyl groups excluding tert-OH is 1. The van der Waals surface area contributed by atoms with E-state index in [1.54, 1.807) is 24.3 Å². The van der Waals surface area contributed by atoms with Crippen LogP contribution in [0.4, 0.5) is 0 Å². The lowest BCUT2D eigenvalue weighted by molar-refractivity contribution is -0.129. The number of hydrogen-bond acceptors (Lipinski definition) is 7. The van der Waals surface area contributed by atoms with Crippen molar-refractivity contribution in [1.29, 1.82) is 0 Å². The number of hydrogen-bond donors (Lipinski definition) is 1. The monoisotopic (exact) mass is 522 g/mol. The molecule has 1 atom stereocenters. The fourth-order valence-electron chi connectivity index (χ4n) is 4.63. The number of thiazole rings is 1. The summed E-state index contributed by atoms with van der Waals surface area (Å²) in [5.41, 5.74) is 1.46. The zero-order valence-corrected chi connectivity index (χ0v) is 22.5. The van der Waals surface area contributed by atoms with Crippen molar-refractivity contribution in [1.82, 2.24) is 19.4 Å². The van der Waals surface area contributed by atoms with E-state index < -0.39 is 17.7 Å². The lowest BCUT2D eigenvalue weighted by Gasteiger charge is -2.27. The average Bonchev–Trinajstić information content (AvgIpc) is 3.59. The number of aromatic nitrogens is 3. The first kappa shape index (κ1) is 26.6. The molecule has 0 aliphatic carbocycles. The molecule has 0 bridgehead atoms. The predicted molar refractivity (Wildman–Crippen MR) is 143 cm³/mol. The maximum atomic E-state index is 13.7. The molecule has 0 saturated carbocycles. The fourth-order valence-corrected chi connectivity index (χ4v) is 5.51. The van der Waals surface area contributed by atoms with Crippen molar-refractivity contribution in [2.24, 2.45) is 0 Å². The van der Waals surface area contributed by atoms with Gasteiger partial charge >= 0.3 is 0 Å². The van der Waals surface area contributed by atoms with Crippen molar-refractivity contribution >= 4 is 23.0 Å². The molecule has 2 aromatic heterocycles. The van der Waals surface area contributed by atoms with Crippen LogP contribution in [0.3, 0.4) is 0 Å². The van der Waals surface area contributed by atoms with Gasteiger partial charge in [-0.15, -0.1) is 11.3 Å². The number of amides is 1. The third kappa shape index (κ3) is 6.10. The van der Waals surface area contributed by atoms with Crippen LogP contribution >= 0.6 is 11.3 Å². The van der Waals surface area contributed by atoms with Gasteiger partial charge in [-0.3, -0.25) is 9.59 Å². The molecule has 1 aliphatic rings. The molecule has 196 valence electrons. The van der Waals surface area contributed by atoms with Gasteiger partial charge in [0.15, 0.2) is 5.76 Å². The number of carbonyl (C=O) groups is 2. The maximum Gasteiger partial charge on any atom is 0.290 e. The van der Waals surface area contributed by atoms with E-state index in [1.807, 2.05) is 42.0 Å². The zero-order chi connectivity index (χ0) is 26.4. The van der Waals surface area contributed by atoms with Crippen LogP contribution in [0.2, 0.25) is 0 Å². The van der Waals surface area contributed by atoms with E-state index in [0.29, 0.717) is 36.7 Å². The lowest BCUT2D eigenvalue weighted by atomic mass is 9.95. The Balaban J connectivity index is 1.58. The zero-order valence-electron chi connectivity index (χ0n) is 21.6. The number of benzene rings is 1. The smallest absolute Gasteiger partial charge is 0.290 e. The highest BCUT2D eigenvalue weighted by molar-refractivity contribution is 7.14. The highest BCUT2D eigenvalue weighted by Crippen LogP contribution is 2.40. The van der Waals surface area contributed by atoms with E-state index in [2.05, 4.69) is 16.9 Å². The molecule has 0 saturated heterocycles. The van der Waals surface area contributed by atoms with E-state index in [-0.39, 0.29) is 11.4 Å². The van der Waals surface area contributed by atoms with E-state index in [9.17, 15) is 14.7 Å². The van der Waals surface area contributed by atoms with E-state index in [1.165, 1.54) is 24.2 Å². The third-order valence-electron chi connectivity index (χ3n) is 6.50. The van der Waals surface area contributed by atoms with E-state index in [0.717, 1.165) is 29.2 Å². The first-order valence-corrected chi connectivity index (χ1v) is 13.6. The second kappa shape index (κ2) is 12.2. The molecule has 1 aliphatic heterocycles. The summed E-state index contributed by atoms with van der Waals surface area (Å²) in [5, 5.41) is 11.7. The van der Waals surface area contributed by atoms with Crippen molar-refractivity contribution in [2.45, 2.75) is 65.5 Å². The standard InChI is InChI=1S/C28H34N4O4S/c1-4-5-6-7-17-36-22-11-9-21(10-12-22)24-23(25(33)27-19(2)30-20(3)37-27)26(34)28(35)32(24)15-8-14-31-16-13-29-18-31/h9-13,16,18,24,34H,4-8,14-15,17H2,1-3H3. The molecule has 3 heterocycles. The van der Waals surface area contributed by atoms with Crippen LogP contribution in [0.1, 0.15) is 71.0 Å². The Morgan fingerprint density at radius 3 is 2.54 bits per heavy atom. The summed E-state index contributed by atoms with van der Waals surface area (Å²) in [6.45, 7) is 7.48. The van der Waals surface area contributed by atoms with Crippen LogP contribution in [0.5, 0.6) is 5.75 Å². The van der Waals surface area contributed by atoms with Gasteiger partial charge in [0.1, 0.15) is 5.75 Å². The molecule has 0 fully saturated rings. The number of rotatable bonds is 13. The topological polar surface area (TPSA) is 97.5 Å². The predicted octanol–water partition coefficient (Wildman–Crippen LogP) is 5.58. The third-order valence-corrected chi connectivity index (χ3v) is 7.57. The molecule has 3 aromatic rings. The second-order valence-corrected chi connectivity index (χ2v) is 10.5. The number of aliphatic hydroxyl groups is 1. The number of ether oxygens (including phenoxy) is 1. The largest absolute Gasteiger partial charge is 0.503 e. The Morgan fingerprint density at radius 2 is 1.89 bits per heavy atom. The maximum absolute atomic E-state index is 13.7. The van der Waals surface area contributed by atoms with Crippen LogP contribution in [0.15, 0.2) is 54.3 Å². The molecule has 1 N–H and O–H groups in total. The molecule has 37 heavy (non-hydrogen) atoms. The van der Waals surface area contributed by atoms with Gasteiger partial charge in [-0.05, 0) is 44.4 Å². The van der Waals surface area contributed by atoms with Crippen LogP contribution < -0.4 is 4.74 Å². The van der Waals surface area contributed by atoms with Gasteiger partial charge in [0.05, 0.1) is 40.1 Å². The molecular formula is C28H34N4O4S. The number of aryl methyl sites for hydroxylation is 3. The molecule has 4 rings (SSSR count). The number of unbranched alkanes of at least 4 members (excludes halogenated alkanes) is 3. The Bertz CT molecular complexity index is 1250. The molecule has 1 amide bonds. The first-order chi connectivity index (χ1) is 17.9. The Morgan fingerprint density at radius 1 is 1.11 bits per heavy atom. The van der Waals surface area contributed by atoms with Crippen LogP contribution in [0, 0.1) is 13.8 Å². The van der Waals surface area contributed by atoms with Crippen LogP contribution in [0.25, 0.3) is 0 Å². The van der Waals surface area contributed by atoms with Gasteiger partial charge in [0.2, 0.25) is 5.78 Å². The minimum absolute atomic E-state index is 0.104. The van der Waals surface area contributed by atoms with Crippen LogP contribution in [-0.2, 0) is 11.3 Å². The van der Waals surface area contributed by atoms with Crippen LogP contribution in [-0.4, -0.2) is 49.4 Å². The summed E-state index contributed by atoms with van der Waals surface area (Å²) in [6, 6.07) is 6.78. The number of imidazole rings is 1. The second-order valence-electron chi connectivity index (χ2n) is 9.27. The molecule has 9 heteroatoms. The molecule has 0 spiro atoms.